The molecule has 2 N–H and O–H groups in total. The number of aliphatic hydroxyl groups excluding tert-OH is 1. The Morgan fingerprint density at radius 1 is 1.57 bits per heavy atom. The zero-order valence-electron chi connectivity index (χ0n) is 12.6. The number of carbonyl (C=O) groups is 1. The van der Waals surface area contributed by atoms with Crippen molar-refractivity contribution < 1.29 is 9.90 Å². The Kier molecular flexibility index (Phi) is 3.41. The van der Waals surface area contributed by atoms with Crippen LogP contribution in [-0.2, 0) is 7.05 Å². The van der Waals surface area contributed by atoms with E-state index in [0.717, 1.165) is 35.3 Å². The van der Waals surface area contributed by atoms with E-state index in [1.165, 1.54) is 0 Å². The van der Waals surface area contributed by atoms with Gasteiger partial charge in [-0.3, -0.25) is 9.48 Å². The van der Waals surface area contributed by atoms with Crippen molar-refractivity contribution in [2.45, 2.75) is 38.7 Å². The van der Waals surface area contributed by atoms with E-state index in [0.29, 0.717) is 11.5 Å². The number of aryl methyl sites for hydroxylation is 2. The standard InChI is InChI=1S/C15H20N4O2/c1-8(20)7-16-15(21)11-6-12(10-4-5-10)17-14-13(11)9(2)18-19(14)3/h6,8,10,20H,4-5,7H2,1-3H3,(H,16,21). The van der Waals surface area contributed by atoms with Crippen LogP contribution in [0.15, 0.2) is 6.07 Å². The van der Waals surface area contributed by atoms with Crippen LogP contribution < -0.4 is 5.32 Å². The zero-order chi connectivity index (χ0) is 15.1. The first-order valence-electron chi connectivity index (χ1n) is 7.28. The van der Waals surface area contributed by atoms with E-state index in [2.05, 4.69) is 15.4 Å². The fourth-order valence-corrected chi connectivity index (χ4v) is 2.57. The van der Waals surface area contributed by atoms with Crippen molar-refractivity contribution in [1.82, 2.24) is 20.1 Å². The summed E-state index contributed by atoms with van der Waals surface area (Å²) in [6.07, 6.45) is 1.69. The zero-order valence-corrected chi connectivity index (χ0v) is 12.6. The lowest BCUT2D eigenvalue weighted by Gasteiger charge is -2.10. The van der Waals surface area contributed by atoms with Gasteiger partial charge < -0.3 is 10.4 Å². The second-order valence-corrected chi connectivity index (χ2v) is 5.84. The maximum atomic E-state index is 12.4. The van der Waals surface area contributed by atoms with Crippen molar-refractivity contribution in [2.75, 3.05) is 6.54 Å². The molecule has 1 fully saturated rings. The van der Waals surface area contributed by atoms with Crippen LogP contribution in [0.1, 0.15) is 47.4 Å². The average molecular weight is 288 g/mol. The second kappa shape index (κ2) is 5.11. The molecule has 6 nitrogen and oxygen atoms in total. The Balaban J connectivity index is 2.08. The van der Waals surface area contributed by atoms with Gasteiger partial charge in [0.2, 0.25) is 0 Å². The number of aliphatic hydroxyl groups is 1. The molecule has 112 valence electrons. The summed E-state index contributed by atoms with van der Waals surface area (Å²) in [7, 11) is 1.84. The number of carbonyl (C=O) groups excluding carboxylic acids is 1. The SMILES string of the molecule is Cc1nn(C)c2nc(C3CC3)cc(C(=O)NCC(C)O)c12. The largest absolute Gasteiger partial charge is 0.392 e. The summed E-state index contributed by atoms with van der Waals surface area (Å²) >= 11 is 0. The first kappa shape index (κ1) is 14.0. The molecular weight excluding hydrogens is 268 g/mol. The minimum absolute atomic E-state index is 0.179. The van der Waals surface area contributed by atoms with Crippen molar-refractivity contribution in [3.63, 3.8) is 0 Å². The van der Waals surface area contributed by atoms with E-state index >= 15 is 0 Å². The number of nitrogens with one attached hydrogen (secondary N) is 1. The first-order valence-corrected chi connectivity index (χ1v) is 7.28. The maximum Gasteiger partial charge on any atom is 0.252 e. The van der Waals surface area contributed by atoms with E-state index in [4.69, 9.17) is 0 Å². The number of hydrogen-bond acceptors (Lipinski definition) is 4. The number of amides is 1. The van der Waals surface area contributed by atoms with Gasteiger partial charge in [-0.15, -0.1) is 0 Å². The highest BCUT2D eigenvalue weighted by molar-refractivity contribution is 6.06. The van der Waals surface area contributed by atoms with Crippen molar-refractivity contribution >= 4 is 16.9 Å². The summed E-state index contributed by atoms with van der Waals surface area (Å²) in [6, 6.07) is 1.88. The lowest BCUT2D eigenvalue weighted by molar-refractivity contribution is 0.0925. The van der Waals surface area contributed by atoms with Gasteiger partial charge in [0.25, 0.3) is 5.91 Å². The molecule has 0 radical (unpaired) electrons. The quantitative estimate of drug-likeness (QED) is 0.887. The van der Waals surface area contributed by atoms with Crippen LogP contribution in [0.3, 0.4) is 0 Å². The molecule has 0 saturated heterocycles. The minimum atomic E-state index is -0.566. The molecule has 0 aromatic carbocycles. The molecule has 1 aliphatic carbocycles. The summed E-state index contributed by atoms with van der Waals surface area (Å²) in [5, 5.41) is 17.3. The first-order chi connectivity index (χ1) is 9.97. The third kappa shape index (κ3) is 2.63. The summed E-state index contributed by atoms with van der Waals surface area (Å²) in [4.78, 5) is 17.1. The van der Waals surface area contributed by atoms with Gasteiger partial charge in [-0.2, -0.15) is 5.10 Å². The van der Waals surface area contributed by atoms with E-state index < -0.39 is 6.10 Å². The average Bonchev–Trinajstić information content (AvgIpc) is 3.23. The molecule has 21 heavy (non-hydrogen) atoms. The Hall–Kier alpha value is -1.95. The van der Waals surface area contributed by atoms with Crippen molar-refractivity contribution in [3.05, 3.63) is 23.0 Å². The molecule has 1 aliphatic rings. The van der Waals surface area contributed by atoms with Gasteiger partial charge in [0, 0.05) is 25.2 Å². The summed E-state index contributed by atoms with van der Waals surface area (Å²) < 4.78 is 1.72. The molecule has 1 amide bonds. The van der Waals surface area contributed by atoms with Gasteiger partial charge in [0.1, 0.15) is 0 Å². The Bertz CT molecular complexity index is 701. The molecule has 1 saturated carbocycles. The molecule has 2 heterocycles. The number of aromatic nitrogens is 3. The molecule has 0 aliphatic heterocycles. The van der Waals surface area contributed by atoms with Crippen LogP contribution in [0, 0.1) is 6.92 Å². The van der Waals surface area contributed by atoms with Gasteiger partial charge in [-0.05, 0) is 32.8 Å². The van der Waals surface area contributed by atoms with Crippen LogP contribution >= 0.6 is 0 Å². The number of nitrogens with zero attached hydrogens (tertiary/aromatic N) is 3. The smallest absolute Gasteiger partial charge is 0.252 e. The van der Waals surface area contributed by atoms with Crippen LogP contribution in [0.2, 0.25) is 0 Å². The Labute approximate surface area is 123 Å². The Morgan fingerprint density at radius 3 is 2.90 bits per heavy atom. The highest BCUT2D eigenvalue weighted by Gasteiger charge is 2.28. The van der Waals surface area contributed by atoms with Crippen molar-refractivity contribution in [2.24, 2.45) is 7.05 Å². The van der Waals surface area contributed by atoms with E-state index in [-0.39, 0.29) is 12.5 Å². The molecule has 1 atom stereocenters. The third-order valence-electron chi connectivity index (χ3n) is 3.79. The lowest BCUT2D eigenvalue weighted by Crippen LogP contribution is -2.30. The molecule has 0 bridgehead atoms. The highest BCUT2D eigenvalue weighted by Crippen LogP contribution is 2.40. The number of rotatable bonds is 4. The van der Waals surface area contributed by atoms with Gasteiger partial charge in [0.15, 0.2) is 5.65 Å². The minimum Gasteiger partial charge on any atom is -0.392 e. The highest BCUT2D eigenvalue weighted by atomic mass is 16.3. The molecule has 6 heteroatoms. The summed E-state index contributed by atoms with van der Waals surface area (Å²) in [5.74, 6) is 0.286. The fraction of sp³-hybridized carbons (Fsp3) is 0.533. The van der Waals surface area contributed by atoms with Crippen molar-refractivity contribution in [1.29, 1.82) is 0 Å². The fourth-order valence-electron chi connectivity index (χ4n) is 2.57. The Morgan fingerprint density at radius 2 is 2.29 bits per heavy atom. The predicted molar refractivity (Wildman–Crippen MR) is 79.2 cm³/mol. The van der Waals surface area contributed by atoms with Crippen LogP contribution in [0.4, 0.5) is 0 Å². The van der Waals surface area contributed by atoms with Crippen molar-refractivity contribution in [3.8, 4) is 0 Å². The molecule has 1 unspecified atom stereocenters. The van der Waals surface area contributed by atoms with E-state index in [1.807, 2.05) is 20.0 Å². The summed E-state index contributed by atoms with van der Waals surface area (Å²) in [6.45, 7) is 3.76. The van der Waals surface area contributed by atoms with Gasteiger partial charge >= 0.3 is 0 Å². The molecule has 2 aromatic heterocycles. The van der Waals surface area contributed by atoms with Crippen LogP contribution in [-0.4, -0.2) is 38.4 Å². The second-order valence-electron chi connectivity index (χ2n) is 5.84. The molecule has 2 aromatic rings. The van der Waals surface area contributed by atoms with E-state index in [9.17, 15) is 9.90 Å². The van der Waals surface area contributed by atoms with Gasteiger partial charge in [-0.1, -0.05) is 0 Å². The number of fused-ring (bicyclic) bond motifs is 1. The predicted octanol–water partition coefficient (Wildman–Crippen LogP) is 1.26. The monoisotopic (exact) mass is 288 g/mol. The van der Waals surface area contributed by atoms with E-state index in [1.54, 1.807) is 11.6 Å². The third-order valence-corrected chi connectivity index (χ3v) is 3.79. The molecule has 3 rings (SSSR count). The lowest BCUT2D eigenvalue weighted by atomic mass is 10.1. The topological polar surface area (TPSA) is 80.0 Å². The maximum absolute atomic E-state index is 12.4. The van der Waals surface area contributed by atoms with Crippen LogP contribution in [0.25, 0.3) is 11.0 Å². The van der Waals surface area contributed by atoms with Gasteiger partial charge in [-0.25, -0.2) is 4.98 Å². The van der Waals surface area contributed by atoms with Gasteiger partial charge in [0.05, 0.1) is 22.7 Å². The summed E-state index contributed by atoms with van der Waals surface area (Å²) in [5.41, 5.74) is 3.12. The molecule has 0 spiro atoms. The molecular formula is C15H20N4O2. The normalized spacial score (nSPS) is 16.2. The van der Waals surface area contributed by atoms with Crippen LogP contribution in [0.5, 0.6) is 0 Å². The number of hydrogen-bond donors (Lipinski definition) is 2. The number of pyridine rings is 1.